The van der Waals surface area contributed by atoms with E-state index in [-0.39, 0.29) is 0 Å². The van der Waals surface area contributed by atoms with E-state index in [0.717, 1.165) is 18.9 Å². The number of nitrogens with one attached hydrogen (secondary N) is 2. The average Bonchev–Trinajstić information content (AvgIpc) is 2.56. The summed E-state index contributed by atoms with van der Waals surface area (Å²) in [6.07, 6.45) is 9.91. The van der Waals surface area contributed by atoms with E-state index in [1.807, 2.05) is 6.07 Å². The van der Waals surface area contributed by atoms with E-state index >= 15 is 0 Å². The summed E-state index contributed by atoms with van der Waals surface area (Å²) in [6.45, 7) is 2.05. The van der Waals surface area contributed by atoms with Gasteiger partial charge in [-0.1, -0.05) is 30.9 Å². The molecule has 1 aromatic rings. The molecule has 1 aliphatic heterocycles. The Bertz CT molecular complexity index is 541. The number of hydrogen-bond acceptors (Lipinski definition) is 4. The van der Waals surface area contributed by atoms with Gasteiger partial charge in [-0.15, -0.1) is 0 Å². The SMILES string of the molecule is S=C(Nc1nc(Cl)cc(N2CCCCC2)n1)NC1CCCCC1. The van der Waals surface area contributed by atoms with Crippen molar-refractivity contribution in [2.24, 2.45) is 0 Å². The third-order valence-electron chi connectivity index (χ3n) is 4.53. The highest BCUT2D eigenvalue weighted by atomic mass is 35.5. The molecule has 1 aromatic heterocycles. The Hall–Kier alpha value is -1.14. The van der Waals surface area contributed by atoms with Gasteiger partial charge in [0.15, 0.2) is 5.11 Å². The molecular formula is C16H24ClN5S. The van der Waals surface area contributed by atoms with Crippen molar-refractivity contribution in [3.05, 3.63) is 11.2 Å². The molecule has 1 aliphatic carbocycles. The van der Waals surface area contributed by atoms with E-state index in [9.17, 15) is 0 Å². The summed E-state index contributed by atoms with van der Waals surface area (Å²) >= 11 is 11.6. The van der Waals surface area contributed by atoms with Crippen LogP contribution in [-0.4, -0.2) is 34.2 Å². The number of anilines is 2. The molecule has 2 heterocycles. The molecule has 0 atom stereocenters. The second kappa shape index (κ2) is 8.11. The Kier molecular flexibility index (Phi) is 5.89. The standard InChI is InChI=1S/C16H24ClN5S/c17-13-11-14(22-9-5-2-6-10-22)20-15(19-13)21-16(23)18-12-7-3-1-4-8-12/h11-12H,1-10H2,(H2,18,19,20,21,23). The molecule has 0 bridgehead atoms. The summed E-state index contributed by atoms with van der Waals surface area (Å²) < 4.78 is 0. The number of halogens is 1. The van der Waals surface area contributed by atoms with E-state index in [1.54, 1.807) is 0 Å². The fourth-order valence-electron chi connectivity index (χ4n) is 3.32. The maximum atomic E-state index is 6.16. The molecule has 1 saturated carbocycles. The van der Waals surface area contributed by atoms with Crippen molar-refractivity contribution in [2.75, 3.05) is 23.3 Å². The lowest BCUT2D eigenvalue weighted by Crippen LogP contribution is -2.39. The minimum absolute atomic E-state index is 0.448. The van der Waals surface area contributed by atoms with E-state index in [2.05, 4.69) is 25.5 Å². The first-order chi connectivity index (χ1) is 11.2. The largest absolute Gasteiger partial charge is 0.360 e. The van der Waals surface area contributed by atoms with Crippen LogP contribution in [0.4, 0.5) is 11.8 Å². The number of aromatic nitrogens is 2. The van der Waals surface area contributed by atoms with E-state index in [4.69, 9.17) is 23.8 Å². The summed E-state index contributed by atoms with van der Waals surface area (Å²) in [4.78, 5) is 11.1. The van der Waals surface area contributed by atoms with Crippen LogP contribution in [0.25, 0.3) is 0 Å². The first-order valence-electron chi connectivity index (χ1n) is 8.58. The first kappa shape index (κ1) is 16.7. The van der Waals surface area contributed by atoms with E-state index in [1.165, 1.54) is 51.4 Å². The van der Waals surface area contributed by atoms with Gasteiger partial charge in [0, 0.05) is 25.2 Å². The maximum absolute atomic E-state index is 6.16. The Labute approximate surface area is 148 Å². The number of nitrogens with zero attached hydrogens (tertiary/aromatic N) is 3. The second-order valence-corrected chi connectivity index (χ2v) is 7.15. The normalized spacial score (nSPS) is 19.4. The zero-order valence-corrected chi connectivity index (χ0v) is 14.9. The Morgan fingerprint density at radius 1 is 1.09 bits per heavy atom. The van der Waals surface area contributed by atoms with Crippen molar-refractivity contribution in [3.8, 4) is 0 Å². The van der Waals surface area contributed by atoms with E-state index in [0.29, 0.717) is 22.3 Å². The third-order valence-corrected chi connectivity index (χ3v) is 4.94. The van der Waals surface area contributed by atoms with Gasteiger partial charge in [0.2, 0.25) is 5.95 Å². The van der Waals surface area contributed by atoms with Crippen molar-refractivity contribution in [2.45, 2.75) is 57.4 Å². The molecule has 2 fully saturated rings. The summed E-state index contributed by atoms with van der Waals surface area (Å²) in [7, 11) is 0. The molecule has 5 nitrogen and oxygen atoms in total. The van der Waals surface area contributed by atoms with Crippen LogP contribution in [-0.2, 0) is 0 Å². The fourth-order valence-corrected chi connectivity index (χ4v) is 3.75. The average molecular weight is 354 g/mol. The fraction of sp³-hybridized carbons (Fsp3) is 0.688. The number of thiocarbonyl (C=S) groups is 1. The number of piperidine rings is 1. The summed E-state index contributed by atoms with van der Waals surface area (Å²) in [6, 6.07) is 2.29. The highest BCUT2D eigenvalue weighted by Gasteiger charge is 2.16. The number of rotatable bonds is 3. The Balaban J connectivity index is 1.62. The molecule has 2 aliphatic rings. The predicted octanol–water partition coefficient (Wildman–Crippen LogP) is 3.74. The van der Waals surface area contributed by atoms with Crippen molar-refractivity contribution < 1.29 is 0 Å². The third kappa shape index (κ3) is 4.91. The molecule has 3 rings (SSSR count). The van der Waals surface area contributed by atoms with Crippen molar-refractivity contribution in [1.29, 1.82) is 0 Å². The second-order valence-electron chi connectivity index (χ2n) is 6.35. The maximum Gasteiger partial charge on any atom is 0.232 e. The molecule has 1 saturated heterocycles. The quantitative estimate of drug-likeness (QED) is 0.637. The Morgan fingerprint density at radius 2 is 1.78 bits per heavy atom. The Morgan fingerprint density at radius 3 is 2.52 bits per heavy atom. The van der Waals surface area contributed by atoms with Crippen molar-refractivity contribution >= 4 is 40.7 Å². The van der Waals surface area contributed by atoms with Gasteiger partial charge >= 0.3 is 0 Å². The zero-order valence-electron chi connectivity index (χ0n) is 13.4. The van der Waals surface area contributed by atoms with Crippen molar-refractivity contribution in [1.82, 2.24) is 15.3 Å². The topological polar surface area (TPSA) is 53.1 Å². The summed E-state index contributed by atoms with van der Waals surface area (Å²) in [5, 5.41) is 7.50. The molecule has 0 radical (unpaired) electrons. The highest BCUT2D eigenvalue weighted by Crippen LogP contribution is 2.22. The van der Waals surface area contributed by atoms with Gasteiger partial charge in [-0.3, -0.25) is 0 Å². The molecule has 0 spiro atoms. The molecule has 0 amide bonds. The molecule has 2 N–H and O–H groups in total. The van der Waals surface area contributed by atoms with Gasteiger partial charge in [-0.2, -0.15) is 4.98 Å². The smallest absolute Gasteiger partial charge is 0.232 e. The molecule has 7 heteroatoms. The molecule has 0 aromatic carbocycles. The summed E-state index contributed by atoms with van der Waals surface area (Å²) in [5.74, 6) is 1.36. The van der Waals surface area contributed by atoms with Crippen LogP contribution in [0.2, 0.25) is 5.15 Å². The lowest BCUT2D eigenvalue weighted by molar-refractivity contribution is 0.414. The van der Waals surface area contributed by atoms with Crippen LogP contribution in [0.15, 0.2) is 6.07 Å². The van der Waals surface area contributed by atoms with Crippen LogP contribution >= 0.6 is 23.8 Å². The van der Waals surface area contributed by atoms with Gasteiger partial charge in [0.25, 0.3) is 0 Å². The molecule has 0 unspecified atom stereocenters. The van der Waals surface area contributed by atoms with Gasteiger partial charge in [-0.25, -0.2) is 4.98 Å². The zero-order chi connectivity index (χ0) is 16.1. The molecule has 23 heavy (non-hydrogen) atoms. The minimum Gasteiger partial charge on any atom is -0.360 e. The highest BCUT2D eigenvalue weighted by molar-refractivity contribution is 7.80. The molecular weight excluding hydrogens is 330 g/mol. The summed E-state index contributed by atoms with van der Waals surface area (Å²) in [5.41, 5.74) is 0. The monoisotopic (exact) mass is 353 g/mol. The predicted molar refractivity (Wildman–Crippen MR) is 99.3 cm³/mol. The first-order valence-corrected chi connectivity index (χ1v) is 9.36. The van der Waals surface area contributed by atoms with Gasteiger partial charge in [0.05, 0.1) is 0 Å². The lowest BCUT2D eigenvalue weighted by atomic mass is 9.96. The van der Waals surface area contributed by atoms with Gasteiger partial charge in [0.1, 0.15) is 11.0 Å². The van der Waals surface area contributed by atoms with Crippen molar-refractivity contribution in [3.63, 3.8) is 0 Å². The van der Waals surface area contributed by atoms with Crippen LogP contribution in [0.1, 0.15) is 51.4 Å². The van der Waals surface area contributed by atoms with Crippen LogP contribution < -0.4 is 15.5 Å². The van der Waals surface area contributed by atoms with Gasteiger partial charge in [-0.05, 0) is 44.3 Å². The minimum atomic E-state index is 0.448. The van der Waals surface area contributed by atoms with Crippen LogP contribution in [0, 0.1) is 0 Å². The molecule has 126 valence electrons. The lowest BCUT2D eigenvalue weighted by Gasteiger charge is -2.28. The van der Waals surface area contributed by atoms with Gasteiger partial charge < -0.3 is 15.5 Å². The van der Waals surface area contributed by atoms with E-state index < -0.39 is 0 Å². The van der Waals surface area contributed by atoms with Crippen LogP contribution in [0.3, 0.4) is 0 Å². The van der Waals surface area contributed by atoms with Crippen LogP contribution in [0.5, 0.6) is 0 Å². The number of hydrogen-bond donors (Lipinski definition) is 2.